The highest BCUT2D eigenvalue weighted by Gasteiger charge is 2.07. The van der Waals surface area contributed by atoms with Crippen LogP contribution in [0.5, 0.6) is 0 Å². The van der Waals surface area contributed by atoms with E-state index in [0.29, 0.717) is 5.22 Å². The van der Waals surface area contributed by atoms with E-state index in [4.69, 9.17) is 16.0 Å². The first-order valence-electron chi connectivity index (χ1n) is 4.97. The second-order valence-corrected chi connectivity index (χ2v) is 4.84. The molecule has 0 unspecified atom stereocenters. The molecule has 2 rings (SSSR count). The van der Waals surface area contributed by atoms with Gasteiger partial charge in [-0.2, -0.15) is 0 Å². The van der Waals surface area contributed by atoms with Gasteiger partial charge in [0.2, 0.25) is 0 Å². The number of halogens is 1. The molecule has 1 aromatic heterocycles. The lowest BCUT2D eigenvalue weighted by molar-refractivity contribution is 0.431. The van der Waals surface area contributed by atoms with Crippen LogP contribution in [0.15, 0.2) is 33.9 Å². The van der Waals surface area contributed by atoms with Gasteiger partial charge in [-0.15, -0.1) is 0 Å². The summed E-state index contributed by atoms with van der Waals surface area (Å²) in [5, 5.41) is 1.49. The summed E-state index contributed by atoms with van der Waals surface area (Å²) < 4.78 is 5.48. The minimum atomic E-state index is 0.704. The van der Waals surface area contributed by atoms with Gasteiger partial charge in [0.15, 0.2) is 0 Å². The second kappa shape index (κ2) is 4.93. The van der Waals surface area contributed by atoms with Gasteiger partial charge in [0, 0.05) is 10.8 Å². The van der Waals surface area contributed by atoms with Crippen LogP contribution in [0, 0.1) is 13.8 Å². The van der Waals surface area contributed by atoms with E-state index in [-0.39, 0.29) is 0 Å². The van der Waals surface area contributed by atoms with E-state index >= 15 is 0 Å². The van der Waals surface area contributed by atoms with Crippen LogP contribution in [0.4, 0.5) is 0 Å². The summed E-state index contributed by atoms with van der Waals surface area (Å²) in [5.74, 6) is 1.65. The van der Waals surface area contributed by atoms with Gasteiger partial charge in [0.05, 0.1) is 5.69 Å². The maximum Gasteiger partial charge on any atom is 0.256 e. The number of oxazole rings is 1. The Balaban J connectivity index is 2.05. The van der Waals surface area contributed by atoms with Crippen LogP contribution < -0.4 is 0 Å². The monoisotopic (exact) mass is 253 g/mol. The van der Waals surface area contributed by atoms with Gasteiger partial charge in [-0.1, -0.05) is 41.6 Å². The van der Waals surface area contributed by atoms with Crippen LogP contribution in [-0.4, -0.2) is 4.98 Å². The van der Waals surface area contributed by atoms with Crippen molar-refractivity contribution in [1.29, 1.82) is 0 Å². The maximum atomic E-state index is 6.06. The van der Waals surface area contributed by atoms with Crippen molar-refractivity contribution in [1.82, 2.24) is 4.98 Å². The van der Waals surface area contributed by atoms with E-state index in [1.54, 1.807) is 11.8 Å². The Kier molecular flexibility index (Phi) is 3.56. The number of aryl methyl sites for hydroxylation is 2. The number of hydrogen-bond donors (Lipinski definition) is 0. The normalized spacial score (nSPS) is 10.7. The van der Waals surface area contributed by atoms with Gasteiger partial charge in [0.1, 0.15) is 5.76 Å². The van der Waals surface area contributed by atoms with Crippen LogP contribution in [0.2, 0.25) is 5.02 Å². The molecule has 0 saturated heterocycles. The molecule has 2 nitrogen and oxygen atoms in total. The fraction of sp³-hybridized carbons (Fsp3) is 0.250. The number of nitrogens with zero attached hydrogens (tertiary/aromatic N) is 1. The topological polar surface area (TPSA) is 26.0 Å². The number of thioether (sulfide) groups is 1. The van der Waals surface area contributed by atoms with Crippen LogP contribution in [0.1, 0.15) is 17.0 Å². The molecule has 0 saturated carbocycles. The fourth-order valence-electron chi connectivity index (χ4n) is 1.26. The van der Waals surface area contributed by atoms with Crippen molar-refractivity contribution in [3.63, 3.8) is 0 Å². The smallest absolute Gasteiger partial charge is 0.256 e. The van der Waals surface area contributed by atoms with E-state index in [1.165, 1.54) is 0 Å². The van der Waals surface area contributed by atoms with Crippen LogP contribution in [0.3, 0.4) is 0 Å². The average molecular weight is 254 g/mol. The third-order valence-electron chi connectivity index (χ3n) is 2.32. The van der Waals surface area contributed by atoms with E-state index in [2.05, 4.69) is 4.98 Å². The Morgan fingerprint density at radius 1 is 1.31 bits per heavy atom. The molecule has 0 amide bonds. The molecule has 1 heterocycles. The van der Waals surface area contributed by atoms with Gasteiger partial charge >= 0.3 is 0 Å². The Bertz CT molecular complexity index is 476. The molecule has 4 heteroatoms. The Morgan fingerprint density at radius 2 is 2.06 bits per heavy atom. The van der Waals surface area contributed by atoms with E-state index in [1.807, 2.05) is 38.1 Å². The molecule has 2 aromatic rings. The van der Waals surface area contributed by atoms with Gasteiger partial charge in [0.25, 0.3) is 5.22 Å². The van der Waals surface area contributed by atoms with Crippen molar-refractivity contribution < 1.29 is 4.42 Å². The number of aromatic nitrogens is 1. The second-order valence-electron chi connectivity index (χ2n) is 3.50. The third-order valence-corrected chi connectivity index (χ3v) is 3.56. The van der Waals surface area contributed by atoms with Crippen LogP contribution in [0.25, 0.3) is 0 Å². The Labute approximate surface area is 104 Å². The lowest BCUT2D eigenvalue weighted by Gasteiger charge is -2.00. The molecule has 0 bridgehead atoms. The fourth-order valence-corrected chi connectivity index (χ4v) is 2.46. The zero-order valence-corrected chi connectivity index (χ0v) is 10.7. The number of rotatable bonds is 3. The molecule has 0 radical (unpaired) electrons. The summed E-state index contributed by atoms with van der Waals surface area (Å²) in [6, 6.07) is 7.81. The van der Waals surface area contributed by atoms with Gasteiger partial charge in [-0.05, 0) is 25.5 Å². The highest BCUT2D eigenvalue weighted by atomic mass is 35.5. The van der Waals surface area contributed by atoms with Crippen molar-refractivity contribution in [2.45, 2.75) is 24.8 Å². The molecular weight excluding hydrogens is 242 g/mol. The van der Waals surface area contributed by atoms with E-state index in [9.17, 15) is 0 Å². The standard InChI is InChI=1S/C12H12ClNOS/c1-8-9(2)15-12(14-8)16-7-10-5-3-4-6-11(10)13/h3-6H,7H2,1-2H3. The number of benzene rings is 1. The molecule has 0 atom stereocenters. The first-order valence-corrected chi connectivity index (χ1v) is 6.33. The van der Waals surface area contributed by atoms with Crippen LogP contribution in [-0.2, 0) is 5.75 Å². The summed E-state index contributed by atoms with van der Waals surface area (Å²) in [5.41, 5.74) is 2.05. The van der Waals surface area contributed by atoms with Gasteiger partial charge < -0.3 is 4.42 Å². The zero-order valence-electron chi connectivity index (χ0n) is 9.16. The molecule has 0 spiro atoms. The van der Waals surface area contributed by atoms with Crippen molar-refractivity contribution in [2.75, 3.05) is 0 Å². The molecule has 1 aromatic carbocycles. The molecule has 0 N–H and O–H groups in total. The molecule has 0 aliphatic carbocycles. The lowest BCUT2D eigenvalue weighted by atomic mass is 10.2. The van der Waals surface area contributed by atoms with Gasteiger partial charge in [-0.3, -0.25) is 0 Å². The first-order chi connectivity index (χ1) is 7.66. The molecular formula is C12H12ClNOS. The molecule has 16 heavy (non-hydrogen) atoms. The minimum Gasteiger partial charge on any atom is -0.437 e. The summed E-state index contributed by atoms with van der Waals surface area (Å²) in [7, 11) is 0. The first kappa shape index (κ1) is 11.6. The SMILES string of the molecule is Cc1nc(SCc2ccccc2Cl)oc1C. The maximum absolute atomic E-state index is 6.06. The van der Waals surface area contributed by atoms with Crippen molar-refractivity contribution in [2.24, 2.45) is 0 Å². The predicted molar refractivity (Wildman–Crippen MR) is 67.0 cm³/mol. The summed E-state index contributed by atoms with van der Waals surface area (Å²) >= 11 is 7.62. The third kappa shape index (κ3) is 2.60. The minimum absolute atomic E-state index is 0.704. The molecule has 0 aliphatic rings. The average Bonchev–Trinajstić information content (AvgIpc) is 2.57. The van der Waals surface area contributed by atoms with E-state index in [0.717, 1.165) is 27.8 Å². The van der Waals surface area contributed by atoms with Gasteiger partial charge in [-0.25, -0.2) is 4.98 Å². The predicted octanol–water partition coefficient (Wildman–Crippen LogP) is 4.24. The lowest BCUT2D eigenvalue weighted by Crippen LogP contribution is -1.82. The summed E-state index contributed by atoms with van der Waals surface area (Å²) in [6.45, 7) is 3.86. The quantitative estimate of drug-likeness (QED) is 0.766. The largest absolute Gasteiger partial charge is 0.437 e. The Morgan fingerprint density at radius 3 is 2.69 bits per heavy atom. The molecule has 0 fully saturated rings. The molecule has 84 valence electrons. The van der Waals surface area contributed by atoms with Crippen molar-refractivity contribution in [3.8, 4) is 0 Å². The van der Waals surface area contributed by atoms with E-state index < -0.39 is 0 Å². The van der Waals surface area contributed by atoms with Crippen LogP contribution >= 0.6 is 23.4 Å². The highest BCUT2D eigenvalue weighted by molar-refractivity contribution is 7.98. The highest BCUT2D eigenvalue weighted by Crippen LogP contribution is 2.27. The Hall–Kier alpha value is -0.930. The van der Waals surface area contributed by atoms with Crippen molar-refractivity contribution >= 4 is 23.4 Å². The van der Waals surface area contributed by atoms with Crippen molar-refractivity contribution in [3.05, 3.63) is 46.3 Å². The summed E-state index contributed by atoms with van der Waals surface area (Å²) in [6.07, 6.45) is 0. The zero-order chi connectivity index (χ0) is 11.5. The summed E-state index contributed by atoms with van der Waals surface area (Å²) in [4.78, 5) is 4.31. The number of hydrogen-bond acceptors (Lipinski definition) is 3. The molecule has 0 aliphatic heterocycles.